The Labute approximate surface area is 594 Å². The lowest BCUT2D eigenvalue weighted by Crippen LogP contribution is -2.63. The van der Waals surface area contributed by atoms with Crippen molar-refractivity contribution in [2.75, 3.05) is 62.0 Å². The van der Waals surface area contributed by atoms with Crippen LogP contribution in [0.4, 0.5) is 0 Å². The second-order valence-corrected chi connectivity index (χ2v) is 29.2. The van der Waals surface area contributed by atoms with E-state index in [0.29, 0.717) is 34.6 Å². The molecule has 2 unspecified atom stereocenters. The lowest BCUT2D eigenvalue weighted by molar-refractivity contribution is -0.364. The predicted octanol–water partition coefficient (Wildman–Crippen LogP) is 4.02. The van der Waals surface area contributed by atoms with Crippen LogP contribution in [0, 0.1) is 35.5 Å². The van der Waals surface area contributed by atoms with Gasteiger partial charge in [-0.15, -0.1) is 0 Å². The molecule has 2 aromatic carbocycles. The van der Waals surface area contributed by atoms with E-state index in [9.17, 15) is 59.7 Å². The number of hydrogen-bond donors (Lipinski definition) is 7. The summed E-state index contributed by atoms with van der Waals surface area (Å²) in [5.41, 5.74) is -3.04. The zero-order valence-corrected chi connectivity index (χ0v) is 61.4. The van der Waals surface area contributed by atoms with E-state index in [1.54, 1.807) is 79.7 Å². The lowest BCUT2D eigenvalue weighted by Gasteiger charge is -2.49. The first-order valence-corrected chi connectivity index (χ1v) is 35.3. The summed E-state index contributed by atoms with van der Waals surface area (Å²) >= 11 is 0. The van der Waals surface area contributed by atoms with Gasteiger partial charge in [-0.1, -0.05) is 27.7 Å². The number of fused-ring (bicyclic) bond motifs is 4. The molecule has 0 aromatic heterocycles. The Morgan fingerprint density at radius 2 is 1.35 bits per heavy atom. The van der Waals surface area contributed by atoms with Crippen molar-refractivity contribution >= 4 is 29.7 Å². The molecule has 10 rings (SSSR count). The van der Waals surface area contributed by atoms with E-state index >= 15 is 0 Å². The van der Waals surface area contributed by atoms with Gasteiger partial charge in [0, 0.05) is 43.1 Å². The number of aliphatic hydroxyl groups is 6. The lowest BCUT2D eigenvalue weighted by atomic mass is 9.66. The summed E-state index contributed by atoms with van der Waals surface area (Å²) in [6.07, 6.45) is -17.9. The molecule has 6 saturated heterocycles. The number of Topliss-reactive ketones (excluding diaryl/α,β-unsaturated/α-hetero) is 1. The van der Waals surface area contributed by atoms with Gasteiger partial charge in [-0.25, -0.2) is 0 Å². The molecule has 1 aliphatic carbocycles. The number of phenolic OH excluding ortho intramolecular Hbond substituents is 1. The first-order chi connectivity index (χ1) is 48.0. The number of hydrogen-bond acceptors (Lipinski definition) is 30. The third kappa shape index (κ3) is 16.8. The number of nitrogens with zero attached hydrogens (tertiary/aromatic N) is 1. The van der Waals surface area contributed by atoms with Crippen molar-refractivity contribution in [1.29, 1.82) is 0 Å². The summed E-state index contributed by atoms with van der Waals surface area (Å²) in [6.45, 7) is 19.8. The minimum Gasteiger partial charge on any atom is -0.502 e. The van der Waals surface area contributed by atoms with Crippen molar-refractivity contribution < 1.29 is 140 Å². The van der Waals surface area contributed by atoms with Gasteiger partial charge in [0.1, 0.15) is 48.0 Å². The van der Waals surface area contributed by atoms with E-state index < -0.39 is 198 Å². The Balaban J connectivity index is 0.000000250. The maximum atomic E-state index is 14.3. The molecule has 0 spiro atoms. The van der Waals surface area contributed by atoms with Crippen molar-refractivity contribution in [2.45, 2.75) is 255 Å². The van der Waals surface area contributed by atoms with Crippen LogP contribution >= 0.6 is 0 Å². The molecule has 0 bridgehead atoms. The monoisotopic (exact) mass is 1450 g/mol. The van der Waals surface area contributed by atoms with Gasteiger partial charge in [-0.05, 0) is 130 Å². The van der Waals surface area contributed by atoms with Crippen LogP contribution in [0.2, 0.25) is 0 Å². The number of likely N-dealkylation sites (N-methyl/N-ethyl adjacent to an activating group) is 1. The Kier molecular flexibility index (Phi) is 26.0. The maximum absolute atomic E-state index is 14.3. The molecule has 30 heteroatoms. The molecule has 7 N–H and O–H groups in total. The second kappa shape index (κ2) is 33.0. The molecule has 8 aliphatic rings. The van der Waals surface area contributed by atoms with E-state index in [0.717, 1.165) is 0 Å². The summed E-state index contributed by atoms with van der Waals surface area (Å²) < 4.78 is 100. The molecule has 7 aliphatic heterocycles. The van der Waals surface area contributed by atoms with Crippen LogP contribution < -0.4 is 18.9 Å². The number of ether oxygens (including phenoxy) is 17. The molecule has 102 heavy (non-hydrogen) atoms. The molecule has 30 nitrogen and oxygen atoms in total. The molecule has 28 atom stereocenters. The Morgan fingerprint density at radius 1 is 0.706 bits per heavy atom. The van der Waals surface area contributed by atoms with Gasteiger partial charge in [0.2, 0.25) is 12.5 Å². The third-order valence-corrected chi connectivity index (χ3v) is 21.6. The first-order valence-electron chi connectivity index (χ1n) is 35.3. The van der Waals surface area contributed by atoms with Gasteiger partial charge in [0.15, 0.2) is 54.3 Å². The number of phenols is 1. The van der Waals surface area contributed by atoms with Crippen molar-refractivity contribution in [3.63, 3.8) is 0 Å². The van der Waals surface area contributed by atoms with Crippen LogP contribution in [0.5, 0.6) is 28.7 Å². The number of esters is 4. The molecule has 0 amide bonds. The van der Waals surface area contributed by atoms with Crippen LogP contribution in [0.1, 0.15) is 150 Å². The van der Waals surface area contributed by atoms with Crippen LogP contribution in [0.15, 0.2) is 24.3 Å². The minimum atomic E-state index is -2.04. The molecule has 2 aromatic rings. The van der Waals surface area contributed by atoms with Gasteiger partial charge in [-0.2, -0.15) is 0 Å². The number of carbonyl (C=O) groups excluding carboxylic acids is 5. The van der Waals surface area contributed by atoms with Crippen LogP contribution in [-0.2, 0) is 85.6 Å². The fourth-order valence-corrected chi connectivity index (χ4v) is 15.9. The molecular weight excluding hydrogens is 1340 g/mol. The standard InChI is InChI=1S/C43H75NO16.C29H32O13/c1-15-29-43(11,52)36(48)24(5)33(47)22(3)20-41(9,51)38(25(6)34(26(7)39(50)57-29)59-32-21-42(10,53-14)37(49)27(8)56-32)60-40-35(28(44(12)13)19-23(4)55-40)58-31(46)18-17-30(45)54-16-2;1-11-36-9-20-27(40-11)24(31)25(32)29(41-20)42-26-14-7-17-16(38-10-39-17)6-13(14)21(22-15(26)8-37-28(22)33)12-4-18(34-2)23(30)19(5-12)35-3/h22-29,32,34-38,40,48-49,51-52H,15-21H2,1-14H3;4-7,11,15,20-22,24-27,29-32H,8-10H2,1-3H3/t22-,23-,24+,25+,26-,27+,28+,29-,32+,34+,35-,36-,37+,38-,40+,41-,42-,43-;11-,15?,20-,21-,22+,24-,25-,26?,27-,29+/m11/s1. The van der Waals surface area contributed by atoms with Crippen molar-refractivity contribution in [2.24, 2.45) is 35.5 Å². The molecule has 0 radical (unpaired) electrons. The van der Waals surface area contributed by atoms with E-state index in [2.05, 4.69) is 0 Å². The molecule has 574 valence electrons. The largest absolute Gasteiger partial charge is 0.502 e. The van der Waals surface area contributed by atoms with Crippen LogP contribution in [0.3, 0.4) is 0 Å². The smallest absolute Gasteiger partial charge is 0.311 e. The number of cyclic esters (lactones) is 2. The van der Waals surface area contributed by atoms with Crippen molar-refractivity contribution in [3.8, 4) is 28.7 Å². The highest BCUT2D eigenvalue weighted by atomic mass is 16.8. The number of aliphatic hydroxyl groups excluding tert-OH is 4. The summed E-state index contributed by atoms with van der Waals surface area (Å²) in [7, 11) is 7.95. The predicted molar refractivity (Wildman–Crippen MR) is 354 cm³/mol. The maximum Gasteiger partial charge on any atom is 0.311 e. The van der Waals surface area contributed by atoms with Crippen molar-refractivity contribution in [1.82, 2.24) is 4.90 Å². The fraction of sp³-hybridized carbons (Fsp3) is 0.764. The number of aromatic hydroxyl groups is 1. The molecule has 6 fully saturated rings. The normalized spacial score (nSPS) is 40.8. The molecular formula is C72H107NO29. The van der Waals surface area contributed by atoms with Gasteiger partial charge in [-0.3, -0.25) is 24.0 Å². The number of benzene rings is 2. The topological polar surface area (TPSA) is 387 Å². The Hall–Kier alpha value is -5.65. The first kappa shape index (κ1) is 80.4. The highest BCUT2D eigenvalue weighted by Gasteiger charge is 2.58. The number of carbonyl (C=O) groups is 5. The minimum absolute atomic E-state index is 0.0301. The average molecular weight is 1450 g/mol. The SMILES string of the molecule is CCOC(=O)CCC(=O)O[C@H]1[C@H](O[C@@H]2[C@@H](C)[C@H](O[C@H]3C[C@@](C)(OC)[C@@H](O)[C@H](C)O3)[C@@H](C)C(=O)O[C@H](CC)[C@@](C)(O)[C@H](O)[C@@H](C)C(=O)[C@H](C)C[C@@]2(C)O)O[C@H](C)C[C@@H]1N(C)C.COc1cc([C@@H]2c3cc4c(cc3C(O[C@@H]3O[C@@H]5CO[C@@H](C)O[C@H]5[C@H](O)[C@H]3O)C3COC(=O)[C@@H]32)OCO4)cc(OC)c1O. The second-order valence-electron chi connectivity index (χ2n) is 29.2. The average Bonchev–Trinajstić information content (AvgIpc) is 1.45. The molecule has 7 heterocycles. The van der Waals surface area contributed by atoms with Crippen molar-refractivity contribution in [3.05, 3.63) is 41.0 Å². The van der Waals surface area contributed by atoms with Gasteiger partial charge in [0.05, 0.1) is 113 Å². The summed E-state index contributed by atoms with van der Waals surface area (Å²) in [6, 6.07) is 6.48. The van der Waals surface area contributed by atoms with Gasteiger partial charge >= 0.3 is 23.9 Å². The quantitative estimate of drug-likeness (QED) is 0.0868. The van der Waals surface area contributed by atoms with E-state index in [4.69, 9.17) is 80.5 Å². The van der Waals surface area contributed by atoms with E-state index in [1.807, 2.05) is 25.9 Å². The fourth-order valence-electron chi connectivity index (χ4n) is 15.9. The third-order valence-electron chi connectivity index (χ3n) is 21.6. The van der Waals surface area contributed by atoms with E-state index in [-0.39, 0.29) is 76.0 Å². The summed E-state index contributed by atoms with van der Waals surface area (Å²) in [5.74, 6) is -7.67. The number of ketones is 1. The summed E-state index contributed by atoms with van der Waals surface area (Å²) in [4.78, 5) is 69.0. The highest BCUT2D eigenvalue weighted by molar-refractivity contribution is 5.84. The zero-order valence-electron chi connectivity index (χ0n) is 61.4. The number of rotatable bonds is 17. The summed E-state index contributed by atoms with van der Waals surface area (Å²) in [5, 5.41) is 79.3. The zero-order chi connectivity index (χ0) is 74.9. The van der Waals surface area contributed by atoms with Crippen LogP contribution in [0.25, 0.3) is 0 Å². The van der Waals surface area contributed by atoms with Crippen LogP contribution in [-0.4, -0.2) is 254 Å². The molecule has 0 saturated carbocycles. The van der Waals surface area contributed by atoms with Gasteiger partial charge in [0.25, 0.3) is 0 Å². The Bertz CT molecular complexity index is 3210. The number of methoxy groups -OCH3 is 3. The highest BCUT2D eigenvalue weighted by Crippen LogP contribution is 2.57. The Morgan fingerprint density at radius 3 is 1.97 bits per heavy atom. The van der Waals surface area contributed by atoms with Gasteiger partial charge < -0.3 is 121 Å². The van der Waals surface area contributed by atoms with E-state index in [1.165, 1.54) is 42.1 Å².